The van der Waals surface area contributed by atoms with Gasteiger partial charge in [0.15, 0.2) is 0 Å². The number of aromatic nitrogens is 1. The number of aliphatic carboxylic acids is 1. The number of benzene rings is 1. The van der Waals surface area contributed by atoms with Gasteiger partial charge in [0.2, 0.25) is 0 Å². The lowest BCUT2D eigenvalue weighted by atomic mass is 10.1. The van der Waals surface area contributed by atoms with Crippen LogP contribution in [0.25, 0.3) is 10.9 Å². The lowest BCUT2D eigenvalue weighted by Crippen LogP contribution is -2.40. The fraction of sp³-hybridized carbons (Fsp3) is 0.333. The summed E-state index contributed by atoms with van der Waals surface area (Å²) in [6.45, 7) is 1.84. The summed E-state index contributed by atoms with van der Waals surface area (Å²) in [5.41, 5.74) is 2.02. The molecular formula is C15H16N2O4. The average molecular weight is 288 g/mol. The molecule has 1 amide bonds. The smallest absolute Gasteiger partial charge is 0.326 e. The molecule has 0 unspecified atom stereocenters. The first-order chi connectivity index (χ1) is 9.99. The Balaban J connectivity index is 2.04. The molecular weight excluding hydrogens is 272 g/mol. The summed E-state index contributed by atoms with van der Waals surface area (Å²) in [5.74, 6) is -1.44. The summed E-state index contributed by atoms with van der Waals surface area (Å²) in [4.78, 5) is 28.4. The van der Waals surface area contributed by atoms with E-state index in [4.69, 9.17) is 0 Å². The van der Waals surface area contributed by atoms with Crippen molar-refractivity contribution in [1.29, 1.82) is 0 Å². The van der Waals surface area contributed by atoms with Crippen molar-refractivity contribution in [2.75, 3.05) is 6.54 Å². The highest BCUT2D eigenvalue weighted by Gasteiger charge is 2.40. The Bertz CT molecular complexity index is 722. The van der Waals surface area contributed by atoms with Gasteiger partial charge in [-0.2, -0.15) is 0 Å². The topological polar surface area (TPSA) is 93.6 Å². The van der Waals surface area contributed by atoms with Gasteiger partial charge in [-0.25, -0.2) is 4.79 Å². The Hall–Kier alpha value is -2.34. The van der Waals surface area contributed by atoms with Gasteiger partial charge in [-0.3, -0.25) is 4.79 Å². The molecule has 21 heavy (non-hydrogen) atoms. The average Bonchev–Trinajstić information content (AvgIpc) is 2.97. The second kappa shape index (κ2) is 4.89. The van der Waals surface area contributed by atoms with Crippen molar-refractivity contribution in [3.63, 3.8) is 0 Å². The van der Waals surface area contributed by atoms with Crippen molar-refractivity contribution in [2.45, 2.75) is 25.5 Å². The number of para-hydroxylation sites is 1. The van der Waals surface area contributed by atoms with Crippen LogP contribution >= 0.6 is 0 Å². The molecule has 1 aliphatic heterocycles. The summed E-state index contributed by atoms with van der Waals surface area (Å²) < 4.78 is 0. The zero-order valence-electron chi connectivity index (χ0n) is 11.5. The van der Waals surface area contributed by atoms with Gasteiger partial charge in [0.05, 0.1) is 11.7 Å². The first kappa shape index (κ1) is 13.6. The molecule has 110 valence electrons. The van der Waals surface area contributed by atoms with E-state index in [1.807, 2.05) is 24.3 Å². The fourth-order valence-corrected chi connectivity index (χ4v) is 2.97. The SMILES string of the molecule is Cc1[nH]c2ccccc2c1C(=O)N1C[C@@H](O)C[C@H]1C(=O)O. The summed E-state index contributed by atoms with van der Waals surface area (Å²) in [7, 11) is 0. The number of H-pyrrole nitrogens is 1. The summed E-state index contributed by atoms with van der Waals surface area (Å²) >= 11 is 0. The number of hydrogen-bond donors (Lipinski definition) is 3. The van der Waals surface area contributed by atoms with E-state index < -0.39 is 18.1 Å². The molecule has 2 heterocycles. The Morgan fingerprint density at radius 3 is 2.76 bits per heavy atom. The molecule has 1 saturated heterocycles. The molecule has 1 aromatic heterocycles. The fourth-order valence-electron chi connectivity index (χ4n) is 2.97. The van der Waals surface area contributed by atoms with Crippen LogP contribution in [-0.4, -0.2) is 50.7 Å². The number of nitrogens with one attached hydrogen (secondary N) is 1. The third-order valence-electron chi connectivity index (χ3n) is 3.93. The maximum absolute atomic E-state index is 12.7. The molecule has 2 aromatic rings. The minimum absolute atomic E-state index is 0.0503. The number of hydrogen-bond acceptors (Lipinski definition) is 3. The van der Waals surface area contributed by atoms with E-state index in [1.54, 1.807) is 6.92 Å². The lowest BCUT2D eigenvalue weighted by molar-refractivity contribution is -0.141. The summed E-state index contributed by atoms with van der Waals surface area (Å²) in [6.07, 6.45) is -0.719. The number of rotatable bonds is 2. The van der Waals surface area contributed by atoms with Crippen molar-refractivity contribution < 1.29 is 19.8 Å². The van der Waals surface area contributed by atoms with E-state index in [9.17, 15) is 19.8 Å². The molecule has 1 fully saturated rings. The number of carboxylic acid groups (broad SMARTS) is 1. The van der Waals surface area contributed by atoms with Crippen molar-refractivity contribution >= 4 is 22.8 Å². The number of likely N-dealkylation sites (tertiary alicyclic amines) is 1. The van der Waals surface area contributed by atoms with E-state index in [0.29, 0.717) is 11.3 Å². The number of aliphatic hydroxyl groups excluding tert-OH is 1. The van der Waals surface area contributed by atoms with E-state index in [0.717, 1.165) is 10.9 Å². The highest BCUT2D eigenvalue weighted by molar-refractivity contribution is 6.09. The number of nitrogens with zero attached hydrogens (tertiary/aromatic N) is 1. The van der Waals surface area contributed by atoms with Crippen LogP contribution in [0, 0.1) is 6.92 Å². The highest BCUT2D eigenvalue weighted by atomic mass is 16.4. The van der Waals surface area contributed by atoms with Gasteiger partial charge in [-0.15, -0.1) is 0 Å². The van der Waals surface area contributed by atoms with Gasteiger partial charge in [0.25, 0.3) is 5.91 Å². The summed E-state index contributed by atoms with van der Waals surface area (Å²) in [6, 6.07) is 6.42. The van der Waals surface area contributed by atoms with E-state index in [1.165, 1.54) is 4.90 Å². The van der Waals surface area contributed by atoms with Crippen LogP contribution in [0.3, 0.4) is 0 Å². The maximum Gasteiger partial charge on any atom is 0.326 e. The van der Waals surface area contributed by atoms with E-state index in [-0.39, 0.29) is 18.9 Å². The normalized spacial score (nSPS) is 21.9. The molecule has 0 saturated carbocycles. The van der Waals surface area contributed by atoms with Crippen molar-refractivity contribution in [3.05, 3.63) is 35.5 Å². The number of carboxylic acids is 1. The minimum atomic E-state index is -1.09. The zero-order chi connectivity index (χ0) is 15.1. The number of aliphatic hydroxyl groups is 1. The largest absolute Gasteiger partial charge is 0.480 e. The van der Waals surface area contributed by atoms with Crippen LogP contribution in [0.15, 0.2) is 24.3 Å². The maximum atomic E-state index is 12.7. The molecule has 3 N–H and O–H groups in total. The Kier molecular flexibility index (Phi) is 3.17. The standard InChI is InChI=1S/C15H16N2O4/c1-8-13(10-4-2-3-5-11(10)16-8)14(19)17-7-9(18)6-12(17)15(20)21/h2-5,9,12,16,18H,6-7H2,1H3,(H,20,21)/t9-,12-/m0/s1. The number of carbonyl (C=O) groups excluding carboxylic acids is 1. The van der Waals surface area contributed by atoms with E-state index in [2.05, 4.69) is 4.98 Å². The summed E-state index contributed by atoms with van der Waals surface area (Å²) in [5, 5.41) is 19.7. The molecule has 1 aliphatic rings. The number of carbonyl (C=O) groups is 2. The zero-order valence-corrected chi connectivity index (χ0v) is 11.5. The first-order valence-corrected chi connectivity index (χ1v) is 6.78. The number of aromatic amines is 1. The minimum Gasteiger partial charge on any atom is -0.480 e. The molecule has 0 bridgehead atoms. The molecule has 6 nitrogen and oxygen atoms in total. The molecule has 2 atom stereocenters. The van der Waals surface area contributed by atoms with Gasteiger partial charge < -0.3 is 20.1 Å². The number of β-amino-alcohol motifs (C(OH)–C–C–N with tert-alkyl or cyclic N) is 1. The molecule has 0 spiro atoms. The van der Waals surface area contributed by atoms with Crippen LogP contribution in [0.4, 0.5) is 0 Å². The second-order valence-corrected chi connectivity index (χ2v) is 5.37. The number of aryl methyl sites for hydroxylation is 1. The molecule has 0 aliphatic carbocycles. The van der Waals surface area contributed by atoms with Crippen LogP contribution in [0.5, 0.6) is 0 Å². The van der Waals surface area contributed by atoms with Crippen LogP contribution < -0.4 is 0 Å². The monoisotopic (exact) mass is 288 g/mol. The molecule has 0 radical (unpaired) electrons. The van der Waals surface area contributed by atoms with Gasteiger partial charge in [0.1, 0.15) is 6.04 Å². The first-order valence-electron chi connectivity index (χ1n) is 6.78. The van der Waals surface area contributed by atoms with Gasteiger partial charge in [-0.1, -0.05) is 18.2 Å². The number of amides is 1. The highest BCUT2D eigenvalue weighted by Crippen LogP contribution is 2.27. The van der Waals surface area contributed by atoms with Gasteiger partial charge >= 0.3 is 5.97 Å². The molecule has 6 heteroatoms. The third-order valence-corrected chi connectivity index (χ3v) is 3.93. The third kappa shape index (κ3) is 2.17. The second-order valence-electron chi connectivity index (χ2n) is 5.37. The predicted octanol–water partition coefficient (Wildman–Crippen LogP) is 1.14. The van der Waals surface area contributed by atoms with E-state index >= 15 is 0 Å². The molecule has 1 aromatic carbocycles. The van der Waals surface area contributed by atoms with Crippen LogP contribution in [0.2, 0.25) is 0 Å². The van der Waals surface area contributed by atoms with Gasteiger partial charge in [0, 0.05) is 29.6 Å². The Labute approximate surface area is 121 Å². The quantitative estimate of drug-likeness (QED) is 0.772. The Morgan fingerprint density at radius 1 is 1.33 bits per heavy atom. The predicted molar refractivity (Wildman–Crippen MR) is 76.1 cm³/mol. The van der Waals surface area contributed by atoms with Crippen LogP contribution in [0.1, 0.15) is 22.5 Å². The van der Waals surface area contributed by atoms with Crippen molar-refractivity contribution in [3.8, 4) is 0 Å². The number of fused-ring (bicyclic) bond motifs is 1. The molecule has 3 rings (SSSR count). The lowest BCUT2D eigenvalue weighted by Gasteiger charge is -2.21. The van der Waals surface area contributed by atoms with Crippen molar-refractivity contribution in [2.24, 2.45) is 0 Å². The van der Waals surface area contributed by atoms with Gasteiger partial charge in [-0.05, 0) is 13.0 Å². The van der Waals surface area contributed by atoms with Crippen LogP contribution in [-0.2, 0) is 4.79 Å². The Morgan fingerprint density at radius 2 is 2.05 bits per heavy atom. The van der Waals surface area contributed by atoms with Crippen molar-refractivity contribution in [1.82, 2.24) is 9.88 Å².